The Kier molecular flexibility index (Phi) is 8.16. The second-order valence-electron chi connectivity index (χ2n) is 15.5. The van der Waals surface area contributed by atoms with Gasteiger partial charge in [0.25, 0.3) is 0 Å². The number of hydrogen-bond acceptors (Lipinski definition) is 4. The Hall–Kier alpha value is -4.78. The molecule has 6 nitrogen and oxygen atoms in total. The van der Waals surface area contributed by atoms with Crippen LogP contribution in [0.2, 0.25) is 0 Å². The highest BCUT2D eigenvalue weighted by Crippen LogP contribution is 2.53. The Balaban J connectivity index is 1.17. The number of aryl methyl sites for hydroxylation is 2. The van der Waals surface area contributed by atoms with Gasteiger partial charge in [-0.25, -0.2) is 0 Å². The largest absolute Gasteiger partial charge is 0.396 e. The molecule has 0 saturated carbocycles. The summed E-state index contributed by atoms with van der Waals surface area (Å²) >= 11 is 0. The second kappa shape index (κ2) is 12.5. The minimum atomic E-state index is -0.234. The van der Waals surface area contributed by atoms with E-state index in [1.165, 1.54) is 71.8 Å². The number of fused-ring (bicyclic) bond motifs is 10. The standard InChI is InChI=1S/C45H50N4O2/c1-44(2)38(48(26-14-28-50)36-24-22-34-40(42(36)44)30-16-10-12-18-32(30)46(34)5)20-8-7-9-21-39-45(3,4)43-37(49(39)27-15-29-51)25-23-35-41(43)31-17-11-13-19-33(31)47(35)6/h7-13,16-25,38,50-51H,14-15,26-29H2,1-6H3/b9-7+,20-8+,39-21+. The number of aromatic nitrogens is 2. The number of allylic oxidation sites excluding steroid dienone is 5. The molecule has 1 unspecified atom stereocenters. The molecular weight excluding hydrogens is 629 g/mol. The van der Waals surface area contributed by atoms with E-state index in [0.717, 1.165) is 19.5 Å². The van der Waals surface area contributed by atoms with Gasteiger partial charge in [0.2, 0.25) is 0 Å². The van der Waals surface area contributed by atoms with E-state index in [-0.39, 0.29) is 30.1 Å². The molecule has 0 bridgehead atoms. The molecular formula is C45H50N4O2. The van der Waals surface area contributed by atoms with Crippen molar-refractivity contribution < 1.29 is 10.2 Å². The summed E-state index contributed by atoms with van der Waals surface area (Å²) in [6, 6.07) is 26.7. The average Bonchev–Trinajstić information content (AvgIpc) is 3.74. The Labute approximate surface area is 301 Å². The fraction of sp³-hybridized carbons (Fsp3) is 0.333. The Morgan fingerprint density at radius 1 is 0.627 bits per heavy atom. The number of para-hydroxylation sites is 2. The van der Waals surface area contributed by atoms with Crippen LogP contribution in [0.5, 0.6) is 0 Å². The van der Waals surface area contributed by atoms with Crippen molar-refractivity contribution in [2.24, 2.45) is 14.1 Å². The highest BCUT2D eigenvalue weighted by molar-refractivity contribution is 6.13. The van der Waals surface area contributed by atoms with Crippen LogP contribution in [0.4, 0.5) is 11.4 Å². The van der Waals surface area contributed by atoms with Crippen molar-refractivity contribution in [1.82, 2.24) is 9.13 Å². The van der Waals surface area contributed by atoms with Gasteiger partial charge in [0.15, 0.2) is 0 Å². The smallest absolute Gasteiger partial charge is 0.0568 e. The fourth-order valence-corrected chi connectivity index (χ4v) is 9.51. The molecule has 6 aromatic rings. The summed E-state index contributed by atoms with van der Waals surface area (Å²) in [6.45, 7) is 11.3. The molecule has 0 saturated heterocycles. The van der Waals surface area contributed by atoms with E-state index in [1.807, 2.05) is 0 Å². The van der Waals surface area contributed by atoms with Crippen LogP contribution >= 0.6 is 0 Å². The molecule has 4 heterocycles. The zero-order valence-electron chi connectivity index (χ0n) is 30.8. The van der Waals surface area contributed by atoms with Gasteiger partial charge in [0.1, 0.15) is 0 Å². The lowest BCUT2D eigenvalue weighted by Crippen LogP contribution is -2.40. The highest BCUT2D eigenvalue weighted by atomic mass is 16.3. The second-order valence-corrected chi connectivity index (χ2v) is 15.5. The van der Waals surface area contributed by atoms with E-state index in [2.05, 4.69) is 164 Å². The van der Waals surface area contributed by atoms with Crippen molar-refractivity contribution in [3.8, 4) is 0 Å². The van der Waals surface area contributed by atoms with Crippen molar-refractivity contribution in [1.29, 1.82) is 0 Å². The first kappa shape index (κ1) is 33.4. The van der Waals surface area contributed by atoms with Crippen molar-refractivity contribution in [3.05, 3.63) is 120 Å². The van der Waals surface area contributed by atoms with Gasteiger partial charge < -0.3 is 29.1 Å². The normalized spacial score (nSPS) is 19.0. The van der Waals surface area contributed by atoms with Crippen LogP contribution in [0.3, 0.4) is 0 Å². The molecule has 8 rings (SSSR count). The van der Waals surface area contributed by atoms with Gasteiger partial charge in [-0.3, -0.25) is 0 Å². The predicted octanol–water partition coefficient (Wildman–Crippen LogP) is 9.00. The van der Waals surface area contributed by atoms with E-state index in [9.17, 15) is 10.2 Å². The summed E-state index contributed by atoms with van der Waals surface area (Å²) in [5.74, 6) is 0. The summed E-state index contributed by atoms with van der Waals surface area (Å²) in [7, 11) is 4.33. The number of nitrogens with zero attached hydrogens (tertiary/aromatic N) is 4. The number of hydrogen-bond donors (Lipinski definition) is 2. The molecule has 0 spiro atoms. The van der Waals surface area contributed by atoms with Gasteiger partial charge in [-0.2, -0.15) is 0 Å². The van der Waals surface area contributed by atoms with E-state index in [0.29, 0.717) is 6.42 Å². The summed E-state index contributed by atoms with van der Waals surface area (Å²) in [4.78, 5) is 4.92. The van der Waals surface area contributed by atoms with Crippen molar-refractivity contribution in [3.63, 3.8) is 0 Å². The van der Waals surface area contributed by atoms with E-state index < -0.39 is 0 Å². The molecule has 1 atom stereocenters. The average molecular weight is 679 g/mol. The molecule has 6 heteroatoms. The fourth-order valence-electron chi connectivity index (χ4n) is 9.51. The highest BCUT2D eigenvalue weighted by Gasteiger charge is 2.45. The van der Waals surface area contributed by atoms with Crippen LogP contribution in [0.25, 0.3) is 43.6 Å². The maximum absolute atomic E-state index is 9.87. The molecule has 0 radical (unpaired) electrons. The monoisotopic (exact) mass is 678 g/mol. The number of aliphatic hydroxyl groups excluding tert-OH is 2. The molecule has 2 aliphatic heterocycles. The maximum Gasteiger partial charge on any atom is 0.0568 e. The van der Waals surface area contributed by atoms with Gasteiger partial charge in [-0.15, -0.1) is 0 Å². The van der Waals surface area contributed by atoms with Gasteiger partial charge in [-0.1, -0.05) is 88.4 Å². The Morgan fingerprint density at radius 3 is 1.82 bits per heavy atom. The first-order valence-electron chi connectivity index (χ1n) is 18.5. The summed E-state index contributed by atoms with van der Waals surface area (Å²) < 4.78 is 4.62. The van der Waals surface area contributed by atoms with Crippen molar-refractivity contribution in [2.75, 3.05) is 36.1 Å². The molecule has 4 aromatic carbocycles. The first-order chi connectivity index (χ1) is 24.6. The van der Waals surface area contributed by atoms with Crippen LogP contribution in [0.15, 0.2) is 109 Å². The van der Waals surface area contributed by atoms with Gasteiger partial charge in [-0.05, 0) is 66.4 Å². The SMILES string of the molecule is Cn1c2ccccc2c2c3c(ccc21)N(CCCO)/C(=C/C=C/C=C/C1N(CCCO)c2ccc4c(c2C1(C)C)c1ccccc1n4C)C3(C)C. The van der Waals surface area contributed by atoms with E-state index in [1.54, 1.807) is 0 Å². The number of aliphatic hydroxyl groups is 2. The van der Waals surface area contributed by atoms with Crippen LogP contribution in [0, 0.1) is 0 Å². The van der Waals surface area contributed by atoms with Crippen LogP contribution in [-0.2, 0) is 24.9 Å². The zero-order chi connectivity index (χ0) is 35.7. The zero-order valence-corrected chi connectivity index (χ0v) is 30.8. The molecule has 0 fully saturated rings. The van der Waals surface area contributed by atoms with Gasteiger partial charge in [0.05, 0.1) is 6.04 Å². The third kappa shape index (κ3) is 4.91. The third-order valence-electron chi connectivity index (χ3n) is 11.9. The van der Waals surface area contributed by atoms with Gasteiger partial charge in [0, 0.05) is 112 Å². The molecule has 0 aliphatic carbocycles. The van der Waals surface area contributed by atoms with Crippen molar-refractivity contribution in [2.45, 2.75) is 57.4 Å². The third-order valence-corrected chi connectivity index (χ3v) is 11.9. The number of rotatable bonds is 9. The molecule has 51 heavy (non-hydrogen) atoms. The summed E-state index contributed by atoms with van der Waals surface area (Å²) in [6.07, 6.45) is 12.6. The molecule has 0 amide bonds. The Bertz CT molecular complexity index is 2400. The predicted molar refractivity (Wildman–Crippen MR) is 215 cm³/mol. The first-order valence-corrected chi connectivity index (χ1v) is 18.5. The van der Waals surface area contributed by atoms with Gasteiger partial charge >= 0.3 is 0 Å². The van der Waals surface area contributed by atoms with Crippen molar-refractivity contribution >= 4 is 55.0 Å². The maximum atomic E-state index is 9.87. The molecule has 262 valence electrons. The topological polar surface area (TPSA) is 56.8 Å². The minimum absolute atomic E-state index is 0.133. The molecule has 2 N–H and O–H groups in total. The minimum Gasteiger partial charge on any atom is -0.396 e. The summed E-state index contributed by atoms with van der Waals surface area (Å²) in [5, 5.41) is 25.0. The summed E-state index contributed by atoms with van der Waals surface area (Å²) in [5.41, 5.74) is 11.1. The number of anilines is 2. The van der Waals surface area contributed by atoms with E-state index in [4.69, 9.17) is 0 Å². The number of benzene rings is 4. The molecule has 2 aliphatic rings. The van der Waals surface area contributed by atoms with Crippen LogP contribution in [0.1, 0.15) is 51.7 Å². The van der Waals surface area contributed by atoms with Crippen LogP contribution < -0.4 is 9.80 Å². The quantitative estimate of drug-likeness (QED) is 0.150. The van der Waals surface area contributed by atoms with E-state index >= 15 is 0 Å². The lowest BCUT2D eigenvalue weighted by Gasteiger charge is -2.32. The lowest BCUT2D eigenvalue weighted by molar-refractivity contribution is 0.287. The van der Waals surface area contributed by atoms with Crippen LogP contribution in [-0.4, -0.2) is 51.7 Å². The molecule has 2 aromatic heterocycles. The Morgan fingerprint density at radius 2 is 1.20 bits per heavy atom. The lowest BCUT2D eigenvalue weighted by atomic mass is 9.78.